The minimum Gasteiger partial charge on any atom is -0.370 e. The van der Waals surface area contributed by atoms with Crippen LogP contribution >= 0.6 is 0 Å². The Hall–Kier alpha value is -2.43. The Kier molecular flexibility index (Phi) is 6.12. The van der Waals surface area contributed by atoms with Gasteiger partial charge in [-0.3, -0.25) is 4.79 Å². The van der Waals surface area contributed by atoms with Gasteiger partial charge in [0.05, 0.1) is 0 Å². The summed E-state index contributed by atoms with van der Waals surface area (Å²) in [5.41, 5.74) is 3.41. The van der Waals surface area contributed by atoms with E-state index in [4.69, 9.17) is 0 Å². The zero-order chi connectivity index (χ0) is 18.6. The van der Waals surface area contributed by atoms with E-state index in [9.17, 15) is 4.79 Å². The molecule has 0 bridgehead atoms. The maximum absolute atomic E-state index is 12.8. The fraction of sp³-hybridized carbons (Fsp3) is 0.450. The molecular weight excluding hydrogens is 312 g/mol. The maximum atomic E-state index is 12.8. The minimum atomic E-state index is -0.214. The van der Waals surface area contributed by atoms with E-state index in [1.807, 2.05) is 25.1 Å². The van der Waals surface area contributed by atoms with E-state index in [0.717, 1.165) is 23.4 Å². The first-order valence-electron chi connectivity index (χ1n) is 8.78. The molecule has 25 heavy (non-hydrogen) atoms. The highest BCUT2D eigenvalue weighted by atomic mass is 16.1. The van der Waals surface area contributed by atoms with Gasteiger partial charge in [0, 0.05) is 18.3 Å². The van der Waals surface area contributed by atoms with Crippen molar-refractivity contribution in [2.24, 2.45) is 5.92 Å². The van der Waals surface area contributed by atoms with Crippen molar-refractivity contribution in [3.05, 3.63) is 46.9 Å². The van der Waals surface area contributed by atoms with Crippen molar-refractivity contribution in [2.45, 2.75) is 47.5 Å². The molecule has 5 heteroatoms. The number of para-hydroxylation sites is 1. The lowest BCUT2D eigenvalue weighted by atomic mass is 9.98. The summed E-state index contributed by atoms with van der Waals surface area (Å²) in [6.45, 7) is 13.1. The molecule has 0 radical (unpaired) electrons. The summed E-state index contributed by atoms with van der Waals surface area (Å²) in [4.78, 5) is 21.4. The topological polar surface area (TPSA) is 66.9 Å². The number of anilines is 2. The molecule has 0 aliphatic carbocycles. The molecule has 0 atom stereocenters. The summed E-state index contributed by atoms with van der Waals surface area (Å²) in [5, 5.41) is 6.29. The van der Waals surface area contributed by atoms with Crippen LogP contribution in [-0.4, -0.2) is 22.4 Å². The van der Waals surface area contributed by atoms with E-state index in [0.29, 0.717) is 29.2 Å². The Morgan fingerprint density at radius 2 is 1.84 bits per heavy atom. The number of hydrogen-bond donors (Lipinski definition) is 2. The van der Waals surface area contributed by atoms with Gasteiger partial charge in [0.25, 0.3) is 5.91 Å². The van der Waals surface area contributed by atoms with Crippen molar-refractivity contribution in [1.82, 2.24) is 9.97 Å². The standard InChI is InChI=1S/C20H28N4O/c1-12(2)11-21-18-10-17(22-15(6)23-18)20(25)24-19-14(5)8-7-9-16(19)13(3)4/h7-10,12-13H,11H2,1-6H3,(H,24,25)(H,21,22,23). The van der Waals surface area contributed by atoms with Crippen LogP contribution in [0.15, 0.2) is 24.3 Å². The molecule has 1 aromatic heterocycles. The van der Waals surface area contributed by atoms with Crippen molar-refractivity contribution in [3.8, 4) is 0 Å². The van der Waals surface area contributed by atoms with Crippen LogP contribution in [-0.2, 0) is 0 Å². The molecular formula is C20H28N4O. The van der Waals surface area contributed by atoms with Gasteiger partial charge in [-0.1, -0.05) is 45.9 Å². The van der Waals surface area contributed by atoms with Gasteiger partial charge in [0.15, 0.2) is 0 Å². The molecule has 1 amide bonds. The number of benzene rings is 1. The number of aromatic nitrogens is 2. The molecule has 0 aliphatic rings. The number of aryl methyl sites for hydroxylation is 2. The molecule has 1 heterocycles. The predicted molar refractivity (Wildman–Crippen MR) is 103 cm³/mol. The molecule has 0 fully saturated rings. The summed E-state index contributed by atoms with van der Waals surface area (Å²) < 4.78 is 0. The molecule has 1 aromatic carbocycles. The number of hydrogen-bond acceptors (Lipinski definition) is 4. The number of rotatable bonds is 6. The molecule has 2 rings (SSSR count). The van der Waals surface area contributed by atoms with Gasteiger partial charge in [-0.15, -0.1) is 0 Å². The Balaban J connectivity index is 2.27. The van der Waals surface area contributed by atoms with Gasteiger partial charge in [-0.25, -0.2) is 9.97 Å². The SMILES string of the molecule is Cc1nc(NCC(C)C)cc(C(=O)Nc2c(C)cccc2C(C)C)n1. The third kappa shape index (κ3) is 5.02. The van der Waals surface area contributed by atoms with Gasteiger partial charge in [0.1, 0.15) is 17.3 Å². The smallest absolute Gasteiger partial charge is 0.274 e. The average Bonchev–Trinajstić information content (AvgIpc) is 2.54. The van der Waals surface area contributed by atoms with Crippen LogP contribution in [0.25, 0.3) is 0 Å². The fourth-order valence-corrected chi connectivity index (χ4v) is 2.60. The van der Waals surface area contributed by atoms with Gasteiger partial charge in [-0.05, 0) is 36.8 Å². The van der Waals surface area contributed by atoms with Crippen molar-refractivity contribution >= 4 is 17.4 Å². The van der Waals surface area contributed by atoms with Crippen molar-refractivity contribution in [2.75, 3.05) is 17.2 Å². The van der Waals surface area contributed by atoms with Crippen LogP contribution in [0.3, 0.4) is 0 Å². The number of carbonyl (C=O) groups excluding carboxylic acids is 1. The van der Waals surface area contributed by atoms with Crippen LogP contribution in [0.1, 0.15) is 61.1 Å². The van der Waals surface area contributed by atoms with E-state index < -0.39 is 0 Å². The molecule has 0 spiro atoms. The Morgan fingerprint density at radius 1 is 1.12 bits per heavy atom. The molecule has 0 saturated heterocycles. The second-order valence-electron chi connectivity index (χ2n) is 7.11. The van der Waals surface area contributed by atoms with E-state index in [2.05, 4.69) is 48.3 Å². The van der Waals surface area contributed by atoms with E-state index in [1.54, 1.807) is 13.0 Å². The monoisotopic (exact) mass is 340 g/mol. The third-order valence-corrected chi connectivity index (χ3v) is 3.93. The summed E-state index contributed by atoms with van der Waals surface area (Å²) in [5.74, 6) is 1.86. The molecule has 0 unspecified atom stereocenters. The average molecular weight is 340 g/mol. The van der Waals surface area contributed by atoms with Crippen LogP contribution in [0, 0.1) is 19.8 Å². The first-order valence-corrected chi connectivity index (χ1v) is 8.78. The lowest BCUT2D eigenvalue weighted by Gasteiger charge is -2.16. The highest BCUT2D eigenvalue weighted by Crippen LogP contribution is 2.27. The number of amides is 1. The number of nitrogens with zero attached hydrogens (tertiary/aromatic N) is 2. The summed E-state index contributed by atoms with van der Waals surface area (Å²) in [7, 11) is 0. The highest BCUT2D eigenvalue weighted by Gasteiger charge is 2.15. The highest BCUT2D eigenvalue weighted by molar-refractivity contribution is 6.04. The molecule has 2 N–H and O–H groups in total. The first-order chi connectivity index (χ1) is 11.8. The fourth-order valence-electron chi connectivity index (χ4n) is 2.60. The first kappa shape index (κ1) is 18.9. The molecule has 2 aromatic rings. The van der Waals surface area contributed by atoms with Crippen LogP contribution in [0.5, 0.6) is 0 Å². The van der Waals surface area contributed by atoms with Crippen molar-refractivity contribution in [1.29, 1.82) is 0 Å². The second-order valence-corrected chi connectivity index (χ2v) is 7.11. The minimum absolute atomic E-state index is 0.214. The summed E-state index contributed by atoms with van der Waals surface area (Å²) in [6, 6.07) is 7.78. The third-order valence-electron chi connectivity index (χ3n) is 3.93. The lowest BCUT2D eigenvalue weighted by Crippen LogP contribution is -2.18. The zero-order valence-electron chi connectivity index (χ0n) is 16.0. The van der Waals surface area contributed by atoms with Crippen LogP contribution in [0.2, 0.25) is 0 Å². The molecule has 0 aliphatic heterocycles. The van der Waals surface area contributed by atoms with E-state index >= 15 is 0 Å². The lowest BCUT2D eigenvalue weighted by molar-refractivity contribution is 0.102. The van der Waals surface area contributed by atoms with Crippen molar-refractivity contribution in [3.63, 3.8) is 0 Å². The Bertz CT molecular complexity index is 753. The van der Waals surface area contributed by atoms with E-state index in [1.165, 1.54) is 0 Å². The predicted octanol–water partition coefficient (Wildman–Crippen LogP) is 4.54. The van der Waals surface area contributed by atoms with Gasteiger partial charge in [0.2, 0.25) is 0 Å². The van der Waals surface area contributed by atoms with Crippen LogP contribution < -0.4 is 10.6 Å². The number of nitrogens with one attached hydrogen (secondary N) is 2. The van der Waals surface area contributed by atoms with Gasteiger partial charge in [-0.2, -0.15) is 0 Å². The normalized spacial score (nSPS) is 11.0. The number of carbonyl (C=O) groups is 1. The Morgan fingerprint density at radius 3 is 2.48 bits per heavy atom. The van der Waals surface area contributed by atoms with E-state index in [-0.39, 0.29) is 5.91 Å². The zero-order valence-corrected chi connectivity index (χ0v) is 16.0. The maximum Gasteiger partial charge on any atom is 0.274 e. The molecule has 5 nitrogen and oxygen atoms in total. The Labute approximate surface area is 150 Å². The summed E-state index contributed by atoms with van der Waals surface area (Å²) >= 11 is 0. The molecule has 0 saturated carbocycles. The molecule has 134 valence electrons. The van der Waals surface area contributed by atoms with Crippen molar-refractivity contribution < 1.29 is 4.79 Å². The van der Waals surface area contributed by atoms with Crippen LogP contribution in [0.4, 0.5) is 11.5 Å². The van der Waals surface area contributed by atoms with Gasteiger partial charge < -0.3 is 10.6 Å². The van der Waals surface area contributed by atoms with Gasteiger partial charge >= 0.3 is 0 Å². The largest absolute Gasteiger partial charge is 0.370 e. The quantitative estimate of drug-likeness (QED) is 0.810. The second kappa shape index (κ2) is 8.10. The summed E-state index contributed by atoms with van der Waals surface area (Å²) in [6.07, 6.45) is 0.